The van der Waals surface area contributed by atoms with Gasteiger partial charge in [-0.15, -0.1) is 0 Å². The molecule has 0 amide bonds. The molecule has 4 heterocycles. The van der Waals surface area contributed by atoms with Crippen LogP contribution < -0.4 is 10.4 Å². The van der Waals surface area contributed by atoms with Gasteiger partial charge in [-0.05, 0) is 136 Å². The largest absolute Gasteiger partial charge is 0.317 e. The molecule has 180 valence electrons. The van der Waals surface area contributed by atoms with Crippen LogP contribution in [0.2, 0.25) is 0 Å². The molecule has 0 aliphatic carbocycles. The second-order valence-electron chi connectivity index (χ2n) is 12.1. The maximum Gasteiger partial charge on any atom is 0.234 e. The van der Waals surface area contributed by atoms with Crippen molar-refractivity contribution in [2.24, 2.45) is 0 Å². The van der Waals surface area contributed by atoms with Crippen molar-refractivity contribution in [3.05, 3.63) is 66.8 Å². The van der Waals surface area contributed by atoms with Crippen molar-refractivity contribution in [2.45, 2.75) is 83.1 Å². The van der Waals surface area contributed by atoms with Gasteiger partial charge in [-0.3, -0.25) is 0 Å². The Hall–Kier alpha value is -3.00. The Morgan fingerprint density at radius 1 is 0.417 bits per heavy atom. The summed E-state index contributed by atoms with van der Waals surface area (Å²) in [6, 6.07) is 0. The van der Waals surface area contributed by atoms with E-state index in [2.05, 4.69) is 88.0 Å². The predicted molar refractivity (Wildman–Crippen MR) is 161 cm³/mol. The zero-order valence-electron chi connectivity index (χ0n) is 24.0. The van der Waals surface area contributed by atoms with Crippen LogP contribution in [0.1, 0.15) is 99.9 Å². The Kier molecular flexibility index (Phi) is 3.99. The van der Waals surface area contributed by atoms with Crippen molar-refractivity contribution < 1.29 is 0 Å². The van der Waals surface area contributed by atoms with Crippen molar-refractivity contribution >= 4 is 61.7 Å². The molecule has 0 aromatic heterocycles. The lowest BCUT2D eigenvalue weighted by molar-refractivity contribution is 1.05. The molecule has 4 aliphatic heterocycles. The van der Waals surface area contributed by atoms with E-state index in [1.165, 1.54) is 116 Å². The van der Waals surface area contributed by atoms with Gasteiger partial charge in [0.25, 0.3) is 0 Å². The first kappa shape index (κ1) is 22.2. The molecule has 3 aromatic carbocycles. The third-order valence-corrected chi connectivity index (χ3v) is 11.0. The summed E-state index contributed by atoms with van der Waals surface area (Å²) in [4.78, 5) is 2.62. The first-order chi connectivity index (χ1) is 16.9. The van der Waals surface area contributed by atoms with Gasteiger partial charge in [0.15, 0.2) is 0 Å². The molecule has 36 heavy (non-hydrogen) atoms. The number of allylic oxidation sites excluding steroid dienone is 8. The lowest BCUT2D eigenvalue weighted by atomic mass is 9.30. The van der Waals surface area contributed by atoms with Gasteiger partial charge < -0.3 is 4.90 Å². The first-order valence-corrected chi connectivity index (χ1v) is 13.5. The second kappa shape index (κ2) is 6.46. The van der Waals surface area contributed by atoms with E-state index >= 15 is 0 Å². The molecule has 0 spiro atoms. The molecule has 0 N–H and O–H groups in total. The van der Waals surface area contributed by atoms with E-state index in [0.29, 0.717) is 6.71 Å². The van der Waals surface area contributed by atoms with Gasteiger partial charge in [0.05, 0.1) is 5.69 Å². The van der Waals surface area contributed by atoms with Gasteiger partial charge in [0.1, 0.15) is 0 Å². The van der Waals surface area contributed by atoms with Crippen molar-refractivity contribution in [3.63, 3.8) is 0 Å². The summed E-state index contributed by atoms with van der Waals surface area (Å²) in [5, 5.41) is 6.08. The molecule has 4 aliphatic rings. The monoisotopic (exact) mass is 469 g/mol. The molecule has 0 radical (unpaired) electrons. The summed E-state index contributed by atoms with van der Waals surface area (Å²) in [5.74, 6) is 0. The van der Waals surface area contributed by atoms with Crippen molar-refractivity contribution in [1.29, 1.82) is 0 Å². The number of anilines is 1. The summed E-state index contributed by atoms with van der Waals surface area (Å²) in [6.07, 6.45) is 0. The molecular weight excluding hydrogens is 433 g/mol. The third-order valence-electron chi connectivity index (χ3n) is 11.0. The minimum absolute atomic E-state index is 0.372. The molecule has 1 nitrogen and oxygen atoms in total. The fourth-order valence-corrected chi connectivity index (χ4v) is 8.52. The van der Waals surface area contributed by atoms with Crippen LogP contribution in [0.25, 0.3) is 43.8 Å². The standard InChI is InChI=1S/C34H36BN/c1-13-15(3)27-19(7)23(11)36-24(12)20(8)28-16(4)14(2)26-18(6)22(10)35-21(9)17(5)25(13)29-31(27)34(36)32(28)30(26)33(29)35/h1-12H3. The number of hydrogen-bond donors (Lipinski definition) is 0. The van der Waals surface area contributed by atoms with Gasteiger partial charge in [-0.25, -0.2) is 0 Å². The van der Waals surface area contributed by atoms with Crippen LogP contribution in [0.3, 0.4) is 0 Å². The van der Waals surface area contributed by atoms with E-state index in [1.807, 2.05) is 0 Å². The molecule has 3 aromatic rings. The van der Waals surface area contributed by atoms with Gasteiger partial charge in [0, 0.05) is 22.2 Å². The lowest BCUT2D eigenvalue weighted by Crippen LogP contribution is -2.42. The highest BCUT2D eigenvalue weighted by atomic mass is 15.2. The minimum atomic E-state index is 0.372. The molecule has 2 heteroatoms. The fraction of sp³-hybridized carbons (Fsp3) is 0.353. The van der Waals surface area contributed by atoms with Crippen molar-refractivity contribution in [1.82, 2.24) is 0 Å². The molecule has 0 atom stereocenters. The normalized spacial score (nSPS) is 18.0. The Bertz CT molecular complexity index is 1570. The zero-order chi connectivity index (χ0) is 25.9. The number of hydrogen-bond acceptors (Lipinski definition) is 1. The van der Waals surface area contributed by atoms with E-state index in [9.17, 15) is 0 Å². The molecule has 0 bridgehead atoms. The van der Waals surface area contributed by atoms with Crippen LogP contribution in [0.5, 0.6) is 0 Å². The van der Waals surface area contributed by atoms with E-state index in [4.69, 9.17) is 0 Å². The van der Waals surface area contributed by atoms with Crippen LogP contribution in [-0.2, 0) is 0 Å². The number of nitrogens with zero attached hydrogens (tertiary/aromatic N) is 1. The highest BCUT2D eigenvalue weighted by Crippen LogP contribution is 2.58. The molecule has 0 unspecified atom stereocenters. The Balaban J connectivity index is 1.96. The highest BCUT2D eigenvalue weighted by molar-refractivity contribution is 6.92. The Labute approximate surface area is 216 Å². The molecular formula is C34H36BN. The molecule has 7 rings (SSSR count). The van der Waals surface area contributed by atoms with Gasteiger partial charge in [-0.2, -0.15) is 0 Å². The van der Waals surface area contributed by atoms with Crippen molar-refractivity contribution in [2.75, 3.05) is 4.90 Å². The molecule has 0 saturated carbocycles. The summed E-state index contributed by atoms with van der Waals surface area (Å²) in [6.45, 7) is 28.8. The van der Waals surface area contributed by atoms with Gasteiger partial charge >= 0.3 is 0 Å². The summed E-state index contributed by atoms with van der Waals surface area (Å²) in [7, 11) is 0. The predicted octanol–water partition coefficient (Wildman–Crippen LogP) is 8.96. The zero-order valence-corrected chi connectivity index (χ0v) is 24.0. The minimum Gasteiger partial charge on any atom is -0.317 e. The average Bonchev–Trinajstić information content (AvgIpc) is 2.83. The van der Waals surface area contributed by atoms with Gasteiger partial charge in [0.2, 0.25) is 6.71 Å². The topological polar surface area (TPSA) is 3.24 Å². The Morgan fingerprint density at radius 3 is 1.11 bits per heavy atom. The summed E-state index contributed by atoms with van der Waals surface area (Å²) >= 11 is 0. The van der Waals surface area contributed by atoms with E-state index < -0.39 is 0 Å². The number of benzene rings is 3. The second-order valence-corrected chi connectivity index (χ2v) is 12.1. The van der Waals surface area contributed by atoms with Crippen LogP contribution in [0, 0.1) is 27.7 Å². The first-order valence-electron chi connectivity index (χ1n) is 13.5. The maximum absolute atomic E-state index is 2.62. The Morgan fingerprint density at radius 2 is 0.750 bits per heavy atom. The summed E-state index contributed by atoms with van der Waals surface area (Å²) < 4.78 is 0. The third kappa shape index (κ3) is 2.04. The van der Waals surface area contributed by atoms with E-state index in [1.54, 1.807) is 5.46 Å². The van der Waals surface area contributed by atoms with Crippen molar-refractivity contribution in [3.8, 4) is 0 Å². The van der Waals surface area contributed by atoms with E-state index in [0.717, 1.165) is 0 Å². The van der Waals surface area contributed by atoms with Crippen LogP contribution in [-0.4, -0.2) is 6.71 Å². The van der Waals surface area contributed by atoms with Gasteiger partial charge in [-0.1, -0.05) is 41.4 Å². The molecule has 0 saturated heterocycles. The average molecular weight is 469 g/mol. The summed E-state index contributed by atoms with van der Waals surface area (Å²) in [5.41, 5.74) is 26.5. The van der Waals surface area contributed by atoms with Crippen LogP contribution >= 0.6 is 0 Å². The lowest BCUT2D eigenvalue weighted by Gasteiger charge is -2.45. The fourth-order valence-electron chi connectivity index (χ4n) is 8.52. The smallest absolute Gasteiger partial charge is 0.234 e. The van der Waals surface area contributed by atoms with Crippen LogP contribution in [0.4, 0.5) is 5.69 Å². The van der Waals surface area contributed by atoms with E-state index in [-0.39, 0.29) is 0 Å². The maximum atomic E-state index is 2.62. The highest BCUT2D eigenvalue weighted by Gasteiger charge is 2.43. The quantitative estimate of drug-likeness (QED) is 0.235. The molecule has 0 fully saturated rings. The SMILES string of the molecule is CC1=C(C)c2c(C)c(C)c3c4c5c6c(c(C)c(C)c7c6c(c24)B1C(C)=C7C)C(C)=C(C)N5C(C)=C3C. The van der Waals surface area contributed by atoms with Crippen LogP contribution in [0.15, 0.2) is 22.3 Å². The number of rotatable bonds is 0.